The Kier molecular flexibility index (Phi) is 6.25. The fraction of sp³-hybridized carbons (Fsp3) is 0.611. The number of nitrogens with zero attached hydrogens (tertiary/aromatic N) is 1. The molecule has 1 aliphatic heterocycles. The molecule has 1 unspecified atom stereocenters. The van der Waals surface area contributed by atoms with Crippen LogP contribution in [0.15, 0.2) is 24.3 Å². The van der Waals surface area contributed by atoms with Crippen molar-refractivity contribution in [1.29, 1.82) is 0 Å². The number of piperidine rings is 1. The third kappa shape index (κ3) is 5.34. The third-order valence-electron chi connectivity index (χ3n) is 3.99. The Labute approximate surface area is 133 Å². The monoisotopic (exact) mass is 305 g/mol. The number of ether oxygens (including phenoxy) is 2. The summed E-state index contributed by atoms with van der Waals surface area (Å²) in [6.45, 7) is 6.80. The van der Waals surface area contributed by atoms with Crippen LogP contribution in [0.3, 0.4) is 0 Å². The minimum Gasteiger partial charge on any atom is -0.497 e. The maximum absolute atomic E-state index is 11.8. The molecule has 1 fully saturated rings. The van der Waals surface area contributed by atoms with Crippen molar-refractivity contribution in [2.45, 2.75) is 45.8 Å². The topological polar surface area (TPSA) is 38.8 Å². The van der Waals surface area contributed by atoms with Crippen molar-refractivity contribution in [2.75, 3.05) is 20.2 Å². The molecule has 0 bridgehead atoms. The Bertz CT molecular complexity index is 470. The van der Waals surface area contributed by atoms with E-state index in [2.05, 4.69) is 17.0 Å². The normalized spacial score (nSPS) is 19.2. The second-order valence-electron chi connectivity index (χ2n) is 6.33. The molecule has 1 heterocycles. The van der Waals surface area contributed by atoms with Gasteiger partial charge in [-0.2, -0.15) is 0 Å². The number of carbonyl (C=O) groups is 1. The van der Waals surface area contributed by atoms with Crippen LogP contribution < -0.4 is 4.74 Å². The first-order chi connectivity index (χ1) is 10.6. The molecule has 0 saturated carbocycles. The van der Waals surface area contributed by atoms with Gasteiger partial charge in [-0.25, -0.2) is 0 Å². The first-order valence-corrected chi connectivity index (χ1v) is 8.11. The van der Waals surface area contributed by atoms with E-state index in [1.54, 1.807) is 7.11 Å². The zero-order valence-electron chi connectivity index (χ0n) is 13.9. The van der Waals surface area contributed by atoms with E-state index < -0.39 is 0 Å². The number of hydrogen-bond donors (Lipinski definition) is 0. The molecule has 1 aromatic rings. The SMILES string of the molecule is COc1ccc(CN2CCCC(CC(=O)OC(C)C)C2)cc1. The summed E-state index contributed by atoms with van der Waals surface area (Å²) in [4.78, 5) is 14.2. The summed E-state index contributed by atoms with van der Waals surface area (Å²) in [7, 11) is 1.68. The van der Waals surface area contributed by atoms with Gasteiger partial charge in [-0.1, -0.05) is 12.1 Å². The maximum Gasteiger partial charge on any atom is 0.306 e. The van der Waals surface area contributed by atoms with Gasteiger partial charge < -0.3 is 9.47 Å². The van der Waals surface area contributed by atoms with Crippen LogP contribution in [0.1, 0.15) is 38.7 Å². The van der Waals surface area contributed by atoms with Crippen LogP contribution in [0.5, 0.6) is 5.75 Å². The summed E-state index contributed by atoms with van der Waals surface area (Å²) in [6.07, 6.45) is 2.78. The van der Waals surface area contributed by atoms with Crippen molar-refractivity contribution in [2.24, 2.45) is 5.92 Å². The molecule has 1 atom stereocenters. The van der Waals surface area contributed by atoms with Crippen LogP contribution in [-0.2, 0) is 16.1 Å². The zero-order valence-corrected chi connectivity index (χ0v) is 13.9. The van der Waals surface area contributed by atoms with Crippen molar-refractivity contribution in [3.8, 4) is 5.75 Å². The number of hydrogen-bond acceptors (Lipinski definition) is 4. The molecule has 0 amide bonds. The minimum atomic E-state index is -0.0636. The molecule has 2 rings (SSSR count). The fourth-order valence-corrected chi connectivity index (χ4v) is 3.00. The number of carbonyl (C=O) groups excluding carboxylic acids is 1. The molecule has 4 heteroatoms. The van der Waals surface area contributed by atoms with Crippen LogP contribution in [0.4, 0.5) is 0 Å². The van der Waals surface area contributed by atoms with E-state index in [1.165, 1.54) is 5.56 Å². The summed E-state index contributed by atoms with van der Waals surface area (Å²) >= 11 is 0. The molecule has 0 N–H and O–H groups in total. The Morgan fingerprint density at radius 1 is 1.32 bits per heavy atom. The molecule has 0 radical (unpaired) electrons. The second kappa shape index (κ2) is 8.18. The predicted octanol–water partition coefficient (Wildman–Crippen LogP) is 3.25. The van der Waals surface area contributed by atoms with Gasteiger partial charge in [-0.15, -0.1) is 0 Å². The molecule has 22 heavy (non-hydrogen) atoms. The highest BCUT2D eigenvalue weighted by atomic mass is 16.5. The molecular weight excluding hydrogens is 278 g/mol. The highest BCUT2D eigenvalue weighted by molar-refractivity contribution is 5.69. The van der Waals surface area contributed by atoms with Crippen molar-refractivity contribution < 1.29 is 14.3 Å². The Balaban J connectivity index is 1.83. The van der Waals surface area contributed by atoms with E-state index in [0.29, 0.717) is 12.3 Å². The number of esters is 1. The van der Waals surface area contributed by atoms with Crippen LogP contribution in [0.25, 0.3) is 0 Å². The van der Waals surface area contributed by atoms with Gasteiger partial charge in [0.05, 0.1) is 13.2 Å². The number of likely N-dealkylation sites (tertiary alicyclic amines) is 1. The van der Waals surface area contributed by atoms with E-state index in [9.17, 15) is 4.79 Å². The van der Waals surface area contributed by atoms with E-state index in [4.69, 9.17) is 9.47 Å². The average Bonchev–Trinajstić information content (AvgIpc) is 2.47. The molecule has 1 saturated heterocycles. The highest BCUT2D eigenvalue weighted by Crippen LogP contribution is 2.22. The predicted molar refractivity (Wildman–Crippen MR) is 86.8 cm³/mol. The van der Waals surface area contributed by atoms with Gasteiger partial charge in [0.1, 0.15) is 5.75 Å². The van der Waals surface area contributed by atoms with Crippen molar-refractivity contribution in [3.05, 3.63) is 29.8 Å². The van der Waals surface area contributed by atoms with Gasteiger partial charge >= 0.3 is 5.97 Å². The maximum atomic E-state index is 11.8. The van der Waals surface area contributed by atoms with Crippen LogP contribution in [-0.4, -0.2) is 37.2 Å². The van der Waals surface area contributed by atoms with Gasteiger partial charge in [0.25, 0.3) is 0 Å². The lowest BCUT2D eigenvalue weighted by Gasteiger charge is -2.32. The molecule has 0 spiro atoms. The molecule has 4 nitrogen and oxygen atoms in total. The fourth-order valence-electron chi connectivity index (χ4n) is 3.00. The van der Waals surface area contributed by atoms with Crippen LogP contribution in [0.2, 0.25) is 0 Å². The van der Waals surface area contributed by atoms with Gasteiger partial charge in [0, 0.05) is 19.5 Å². The van der Waals surface area contributed by atoms with Crippen molar-refractivity contribution >= 4 is 5.97 Å². The number of rotatable bonds is 6. The quantitative estimate of drug-likeness (QED) is 0.756. The van der Waals surface area contributed by atoms with E-state index in [1.807, 2.05) is 26.0 Å². The third-order valence-corrected chi connectivity index (χ3v) is 3.99. The molecule has 1 aliphatic rings. The summed E-state index contributed by atoms with van der Waals surface area (Å²) < 4.78 is 10.4. The molecule has 1 aromatic carbocycles. The summed E-state index contributed by atoms with van der Waals surface area (Å²) in [6, 6.07) is 8.21. The second-order valence-corrected chi connectivity index (χ2v) is 6.33. The molecule has 0 aromatic heterocycles. The smallest absolute Gasteiger partial charge is 0.306 e. The lowest BCUT2D eigenvalue weighted by molar-refractivity contribution is -0.149. The molecule has 0 aliphatic carbocycles. The largest absolute Gasteiger partial charge is 0.497 e. The lowest BCUT2D eigenvalue weighted by atomic mass is 9.94. The summed E-state index contributed by atoms with van der Waals surface area (Å²) in [5, 5.41) is 0. The van der Waals surface area contributed by atoms with Gasteiger partial charge in [-0.3, -0.25) is 9.69 Å². The van der Waals surface area contributed by atoms with E-state index in [0.717, 1.165) is 38.2 Å². The standard InChI is InChI=1S/C18H27NO3/c1-14(2)22-18(20)11-16-5-4-10-19(13-16)12-15-6-8-17(21-3)9-7-15/h6-9,14,16H,4-5,10-13H2,1-3H3. The van der Waals surface area contributed by atoms with E-state index in [-0.39, 0.29) is 12.1 Å². The van der Waals surface area contributed by atoms with Crippen LogP contribution >= 0.6 is 0 Å². The van der Waals surface area contributed by atoms with Gasteiger partial charge in [0.15, 0.2) is 0 Å². The van der Waals surface area contributed by atoms with Gasteiger partial charge in [-0.05, 0) is 56.8 Å². The molecule has 122 valence electrons. The van der Waals surface area contributed by atoms with Crippen molar-refractivity contribution in [3.63, 3.8) is 0 Å². The lowest BCUT2D eigenvalue weighted by Crippen LogP contribution is -2.36. The minimum absolute atomic E-state index is 0.0218. The summed E-state index contributed by atoms with van der Waals surface area (Å²) in [5.41, 5.74) is 1.28. The van der Waals surface area contributed by atoms with Crippen molar-refractivity contribution in [1.82, 2.24) is 4.90 Å². The first kappa shape index (κ1) is 16.8. The highest BCUT2D eigenvalue weighted by Gasteiger charge is 2.23. The van der Waals surface area contributed by atoms with Gasteiger partial charge in [0.2, 0.25) is 0 Å². The zero-order chi connectivity index (χ0) is 15.9. The number of benzene rings is 1. The Morgan fingerprint density at radius 2 is 2.05 bits per heavy atom. The van der Waals surface area contributed by atoms with Crippen LogP contribution in [0, 0.1) is 5.92 Å². The summed E-state index contributed by atoms with van der Waals surface area (Å²) in [5.74, 6) is 1.24. The molecular formula is C18H27NO3. The Morgan fingerprint density at radius 3 is 2.68 bits per heavy atom. The van der Waals surface area contributed by atoms with E-state index >= 15 is 0 Å². The Hall–Kier alpha value is -1.55. The average molecular weight is 305 g/mol. The number of methoxy groups -OCH3 is 1. The first-order valence-electron chi connectivity index (χ1n) is 8.11.